The second-order valence-electron chi connectivity index (χ2n) is 6.06. The molecule has 1 fully saturated rings. The lowest BCUT2D eigenvalue weighted by atomic mass is 9.83. The zero-order valence-corrected chi connectivity index (χ0v) is 12.4. The van der Waals surface area contributed by atoms with E-state index in [1.54, 1.807) is 0 Å². The maximum Gasteiger partial charge on any atom is 0.165 e. The van der Waals surface area contributed by atoms with Crippen LogP contribution < -0.4 is 0 Å². The van der Waals surface area contributed by atoms with Gasteiger partial charge < -0.3 is 0 Å². The van der Waals surface area contributed by atoms with Crippen LogP contribution in [0.15, 0.2) is 54.6 Å². The van der Waals surface area contributed by atoms with Crippen LogP contribution in [0.25, 0.3) is 0 Å². The Balaban J connectivity index is 1.67. The first-order valence-electron chi connectivity index (χ1n) is 8.00. The molecule has 0 heterocycles. The summed E-state index contributed by atoms with van der Waals surface area (Å²) in [4.78, 5) is 12.5. The van der Waals surface area contributed by atoms with Crippen molar-refractivity contribution in [2.45, 2.75) is 38.5 Å². The molecule has 1 saturated carbocycles. The number of rotatable bonds is 4. The largest absolute Gasteiger partial charge is 0.294 e. The van der Waals surface area contributed by atoms with Crippen LogP contribution in [0.4, 0.5) is 0 Å². The fraction of sp³-hybridized carbons (Fsp3) is 0.350. The SMILES string of the molecule is O=C(c1ccc(Cc2ccccc2)cc1)C1CCCCC1. The van der Waals surface area contributed by atoms with Gasteiger partial charge in [-0.15, -0.1) is 0 Å². The average Bonchev–Trinajstić information content (AvgIpc) is 2.57. The third-order valence-corrected chi connectivity index (χ3v) is 4.47. The minimum absolute atomic E-state index is 0.263. The van der Waals surface area contributed by atoms with Crippen molar-refractivity contribution in [2.75, 3.05) is 0 Å². The molecule has 0 bridgehead atoms. The van der Waals surface area contributed by atoms with E-state index >= 15 is 0 Å². The summed E-state index contributed by atoms with van der Waals surface area (Å²) in [7, 11) is 0. The molecule has 108 valence electrons. The molecule has 0 saturated heterocycles. The van der Waals surface area contributed by atoms with E-state index in [2.05, 4.69) is 36.4 Å². The monoisotopic (exact) mass is 278 g/mol. The Hall–Kier alpha value is -1.89. The molecule has 1 aliphatic carbocycles. The van der Waals surface area contributed by atoms with Crippen molar-refractivity contribution in [3.63, 3.8) is 0 Å². The Morgan fingerprint density at radius 2 is 1.43 bits per heavy atom. The highest BCUT2D eigenvalue weighted by molar-refractivity contribution is 5.97. The average molecular weight is 278 g/mol. The normalized spacial score (nSPS) is 15.8. The smallest absolute Gasteiger partial charge is 0.165 e. The van der Waals surface area contributed by atoms with E-state index in [-0.39, 0.29) is 5.92 Å². The van der Waals surface area contributed by atoms with Crippen molar-refractivity contribution in [1.29, 1.82) is 0 Å². The molecule has 0 aliphatic heterocycles. The molecule has 1 heteroatoms. The van der Waals surface area contributed by atoms with Gasteiger partial charge in [-0.3, -0.25) is 4.79 Å². The molecule has 0 radical (unpaired) electrons. The number of carbonyl (C=O) groups excluding carboxylic acids is 1. The molecule has 2 aromatic rings. The molecule has 0 amide bonds. The van der Waals surface area contributed by atoms with Crippen molar-refractivity contribution in [1.82, 2.24) is 0 Å². The highest BCUT2D eigenvalue weighted by Gasteiger charge is 2.21. The third kappa shape index (κ3) is 3.60. The molecule has 0 aromatic heterocycles. The summed E-state index contributed by atoms with van der Waals surface area (Å²) in [6.07, 6.45) is 6.79. The molecule has 1 nitrogen and oxygen atoms in total. The fourth-order valence-corrected chi connectivity index (χ4v) is 3.22. The summed E-state index contributed by atoms with van der Waals surface area (Å²) in [6.45, 7) is 0. The molecule has 21 heavy (non-hydrogen) atoms. The first kappa shape index (κ1) is 14.1. The Morgan fingerprint density at radius 1 is 0.810 bits per heavy atom. The van der Waals surface area contributed by atoms with Gasteiger partial charge >= 0.3 is 0 Å². The second kappa shape index (κ2) is 6.71. The van der Waals surface area contributed by atoms with Crippen LogP contribution >= 0.6 is 0 Å². The van der Waals surface area contributed by atoms with Crippen LogP contribution in [-0.2, 0) is 6.42 Å². The van der Waals surface area contributed by atoms with E-state index in [1.165, 1.54) is 30.4 Å². The predicted molar refractivity (Wildman–Crippen MR) is 86.6 cm³/mol. The number of ketones is 1. The lowest BCUT2D eigenvalue weighted by molar-refractivity contribution is 0.0889. The number of hydrogen-bond acceptors (Lipinski definition) is 1. The van der Waals surface area contributed by atoms with Crippen LogP contribution in [-0.4, -0.2) is 5.78 Å². The maximum absolute atomic E-state index is 12.5. The van der Waals surface area contributed by atoms with Crippen molar-refractivity contribution in [2.24, 2.45) is 5.92 Å². The Bertz CT molecular complexity index is 577. The first-order valence-corrected chi connectivity index (χ1v) is 8.00. The standard InChI is InChI=1S/C20H22O/c21-20(18-9-5-2-6-10-18)19-13-11-17(12-14-19)15-16-7-3-1-4-8-16/h1,3-4,7-8,11-14,18H,2,5-6,9-10,15H2. The van der Waals surface area contributed by atoms with E-state index in [1.807, 2.05) is 18.2 Å². The minimum Gasteiger partial charge on any atom is -0.294 e. The molecule has 0 N–H and O–H groups in total. The lowest BCUT2D eigenvalue weighted by Crippen LogP contribution is -2.17. The number of Topliss-reactive ketones (excluding diaryl/α,β-unsaturated/α-hetero) is 1. The van der Waals surface area contributed by atoms with Gasteiger partial charge in [0.1, 0.15) is 0 Å². The molecular formula is C20H22O. The van der Waals surface area contributed by atoms with Crippen LogP contribution in [0.3, 0.4) is 0 Å². The summed E-state index contributed by atoms with van der Waals surface area (Å²) in [6, 6.07) is 18.7. The van der Waals surface area contributed by atoms with Crippen LogP contribution in [0.5, 0.6) is 0 Å². The lowest BCUT2D eigenvalue weighted by Gasteiger charge is -2.20. The van der Waals surface area contributed by atoms with Crippen molar-refractivity contribution < 1.29 is 4.79 Å². The molecule has 1 aliphatic rings. The Kier molecular flexibility index (Phi) is 4.49. The molecule has 2 aromatic carbocycles. The van der Waals surface area contributed by atoms with Crippen LogP contribution in [0.2, 0.25) is 0 Å². The molecule has 0 atom stereocenters. The van der Waals surface area contributed by atoms with Gasteiger partial charge in [-0.25, -0.2) is 0 Å². The van der Waals surface area contributed by atoms with Crippen LogP contribution in [0, 0.1) is 5.92 Å². The van der Waals surface area contributed by atoms with Gasteiger partial charge in [-0.05, 0) is 30.4 Å². The maximum atomic E-state index is 12.5. The summed E-state index contributed by atoms with van der Waals surface area (Å²) in [5, 5.41) is 0. The summed E-state index contributed by atoms with van der Waals surface area (Å²) in [5.74, 6) is 0.611. The predicted octanol–water partition coefficient (Wildman–Crippen LogP) is 5.04. The summed E-state index contributed by atoms with van der Waals surface area (Å²) < 4.78 is 0. The Labute approximate surface area is 127 Å². The fourth-order valence-electron chi connectivity index (χ4n) is 3.22. The number of carbonyl (C=O) groups is 1. The van der Waals surface area contributed by atoms with E-state index in [9.17, 15) is 4.79 Å². The minimum atomic E-state index is 0.263. The quantitative estimate of drug-likeness (QED) is 0.716. The zero-order valence-electron chi connectivity index (χ0n) is 12.4. The van der Waals surface area contributed by atoms with E-state index in [0.717, 1.165) is 24.8 Å². The van der Waals surface area contributed by atoms with Gasteiger partial charge in [0.15, 0.2) is 5.78 Å². The zero-order chi connectivity index (χ0) is 14.5. The molecule has 0 spiro atoms. The van der Waals surface area contributed by atoms with Crippen molar-refractivity contribution in [3.8, 4) is 0 Å². The molecule has 0 unspecified atom stereocenters. The van der Waals surface area contributed by atoms with Crippen molar-refractivity contribution >= 4 is 5.78 Å². The van der Waals surface area contributed by atoms with E-state index in [4.69, 9.17) is 0 Å². The first-order chi connectivity index (χ1) is 10.3. The summed E-state index contributed by atoms with van der Waals surface area (Å²) in [5.41, 5.74) is 3.46. The summed E-state index contributed by atoms with van der Waals surface area (Å²) >= 11 is 0. The van der Waals surface area contributed by atoms with Gasteiger partial charge in [0.2, 0.25) is 0 Å². The topological polar surface area (TPSA) is 17.1 Å². The molecule has 3 rings (SSSR count). The van der Waals surface area contributed by atoms with Gasteiger partial charge in [-0.1, -0.05) is 73.9 Å². The number of hydrogen-bond donors (Lipinski definition) is 0. The highest BCUT2D eigenvalue weighted by atomic mass is 16.1. The van der Waals surface area contributed by atoms with Crippen LogP contribution in [0.1, 0.15) is 53.6 Å². The molecular weight excluding hydrogens is 256 g/mol. The van der Waals surface area contributed by atoms with Gasteiger partial charge in [0.05, 0.1) is 0 Å². The van der Waals surface area contributed by atoms with E-state index in [0.29, 0.717) is 5.78 Å². The Morgan fingerprint density at radius 3 is 2.10 bits per heavy atom. The highest BCUT2D eigenvalue weighted by Crippen LogP contribution is 2.27. The van der Waals surface area contributed by atoms with E-state index < -0.39 is 0 Å². The second-order valence-corrected chi connectivity index (χ2v) is 6.06. The van der Waals surface area contributed by atoms with Gasteiger partial charge in [0.25, 0.3) is 0 Å². The van der Waals surface area contributed by atoms with Crippen molar-refractivity contribution in [3.05, 3.63) is 71.3 Å². The van der Waals surface area contributed by atoms with Gasteiger partial charge in [0, 0.05) is 11.5 Å². The third-order valence-electron chi connectivity index (χ3n) is 4.47. The van der Waals surface area contributed by atoms with Gasteiger partial charge in [-0.2, -0.15) is 0 Å². The number of benzene rings is 2.